The summed E-state index contributed by atoms with van der Waals surface area (Å²) in [7, 11) is 4.91. The molecule has 2 rings (SSSR count). The molecule has 0 saturated carbocycles. The average molecular weight is 560 g/mol. The highest BCUT2D eigenvalue weighted by molar-refractivity contribution is 14.0. The van der Waals surface area contributed by atoms with Crippen molar-refractivity contribution in [1.29, 1.82) is 0 Å². The van der Waals surface area contributed by atoms with Crippen molar-refractivity contribution in [1.82, 2.24) is 15.8 Å². The maximum atomic E-state index is 5.53. The van der Waals surface area contributed by atoms with Crippen LogP contribution in [0.4, 0.5) is 0 Å². The smallest absolute Gasteiger partial charge is 0.191 e. The van der Waals surface area contributed by atoms with E-state index in [0.29, 0.717) is 31.2 Å². The first-order valence-corrected chi connectivity index (χ1v) is 10.9. The number of guanidine groups is 1. The third-order valence-corrected chi connectivity index (χ3v) is 5.20. The molecule has 0 fully saturated rings. The zero-order chi connectivity index (χ0) is 22.6. The van der Waals surface area contributed by atoms with Gasteiger partial charge < -0.3 is 29.4 Å². The Bertz CT molecular complexity index is 812. The molecule has 0 unspecified atom stereocenters. The molecule has 0 aliphatic heterocycles. The van der Waals surface area contributed by atoms with Crippen molar-refractivity contribution in [3.8, 4) is 17.2 Å². The average Bonchev–Trinajstić information content (AvgIpc) is 3.26. The molecule has 0 aliphatic carbocycles. The van der Waals surface area contributed by atoms with Gasteiger partial charge in [-0.05, 0) is 26.2 Å². The predicted octanol–water partition coefficient (Wildman–Crippen LogP) is 4.52. The molecule has 180 valence electrons. The van der Waals surface area contributed by atoms with Crippen molar-refractivity contribution < 1.29 is 18.7 Å². The molecule has 1 aromatic carbocycles. The number of aromatic nitrogens is 1. The quantitative estimate of drug-likeness (QED) is 0.224. The minimum Gasteiger partial charge on any atom is -0.496 e. The van der Waals surface area contributed by atoms with Gasteiger partial charge in [0.15, 0.2) is 11.7 Å². The summed E-state index contributed by atoms with van der Waals surface area (Å²) in [5.74, 6) is 4.07. The number of ether oxygens (including phenoxy) is 3. The van der Waals surface area contributed by atoms with Crippen LogP contribution in [0, 0.1) is 0 Å². The van der Waals surface area contributed by atoms with Crippen molar-refractivity contribution in [2.75, 3.05) is 34.4 Å². The zero-order valence-corrected chi connectivity index (χ0v) is 22.3. The van der Waals surface area contributed by atoms with E-state index in [-0.39, 0.29) is 24.0 Å². The maximum Gasteiger partial charge on any atom is 0.191 e. The number of halogens is 1. The molecule has 0 atom stereocenters. The topological polar surface area (TPSA) is 90.1 Å². The van der Waals surface area contributed by atoms with Gasteiger partial charge in [0.05, 0.1) is 27.0 Å². The minimum atomic E-state index is 0. The predicted molar refractivity (Wildman–Crippen MR) is 138 cm³/mol. The Morgan fingerprint density at radius 1 is 1.00 bits per heavy atom. The Balaban J connectivity index is 0.00000512. The van der Waals surface area contributed by atoms with Crippen molar-refractivity contribution >= 4 is 29.9 Å². The van der Waals surface area contributed by atoms with Gasteiger partial charge in [0, 0.05) is 42.8 Å². The van der Waals surface area contributed by atoms with Crippen molar-refractivity contribution in [3.05, 3.63) is 35.2 Å². The number of hydrogen-bond acceptors (Lipinski definition) is 6. The molecule has 9 heteroatoms. The molecule has 32 heavy (non-hydrogen) atoms. The Kier molecular flexibility index (Phi) is 12.9. The van der Waals surface area contributed by atoms with Gasteiger partial charge in [0.1, 0.15) is 23.8 Å². The van der Waals surface area contributed by atoms with Crippen molar-refractivity contribution in [3.63, 3.8) is 0 Å². The molecule has 0 aliphatic rings. The largest absolute Gasteiger partial charge is 0.496 e. The standard InChI is InChI=1S/C23H36N4O4.HI/c1-7-16(8-2)20-12-18(31-27-20)15-26-23(24-9-3)25-11-10-19-21(29-5)13-17(28-4)14-22(19)30-6;/h12-14,16H,7-11,15H2,1-6H3,(H2,24,25,26);1H. The van der Waals surface area contributed by atoms with Gasteiger partial charge >= 0.3 is 0 Å². The second-order valence-electron chi connectivity index (χ2n) is 7.11. The van der Waals surface area contributed by atoms with E-state index in [4.69, 9.17) is 18.7 Å². The molecule has 1 aromatic heterocycles. The maximum absolute atomic E-state index is 5.53. The van der Waals surface area contributed by atoms with Crippen LogP contribution in [0.3, 0.4) is 0 Å². The summed E-state index contributed by atoms with van der Waals surface area (Å²) in [6.07, 6.45) is 2.80. The van der Waals surface area contributed by atoms with E-state index in [9.17, 15) is 0 Å². The van der Waals surface area contributed by atoms with E-state index in [1.165, 1.54) is 0 Å². The molecule has 2 N–H and O–H groups in total. The van der Waals surface area contributed by atoms with Gasteiger partial charge in [-0.3, -0.25) is 0 Å². The van der Waals surface area contributed by atoms with Crippen LogP contribution in [0.5, 0.6) is 17.2 Å². The number of benzene rings is 1. The number of nitrogens with one attached hydrogen (secondary N) is 2. The van der Waals surface area contributed by atoms with Gasteiger partial charge in [-0.25, -0.2) is 4.99 Å². The van der Waals surface area contributed by atoms with Gasteiger partial charge in [0.25, 0.3) is 0 Å². The van der Waals surface area contributed by atoms with E-state index in [0.717, 1.165) is 53.9 Å². The van der Waals surface area contributed by atoms with E-state index in [1.54, 1.807) is 21.3 Å². The van der Waals surface area contributed by atoms with E-state index in [2.05, 4.69) is 34.6 Å². The first kappa shape index (κ1) is 27.9. The Labute approximate surface area is 208 Å². The lowest BCUT2D eigenvalue weighted by Crippen LogP contribution is -2.38. The summed E-state index contributed by atoms with van der Waals surface area (Å²) in [4.78, 5) is 4.63. The van der Waals surface area contributed by atoms with Crippen molar-refractivity contribution in [2.45, 2.75) is 52.5 Å². The summed E-state index contributed by atoms with van der Waals surface area (Å²) in [6, 6.07) is 5.73. The van der Waals surface area contributed by atoms with Crippen LogP contribution in [-0.2, 0) is 13.0 Å². The Hall–Kier alpha value is -2.17. The Morgan fingerprint density at radius 3 is 2.19 bits per heavy atom. The van der Waals surface area contributed by atoms with Crippen LogP contribution < -0.4 is 24.8 Å². The molecular formula is C23H37IN4O4. The molecule has 0 bridgehead atoms. The SMILES string of the molecule is CCNC(=NCc1cc(C(CC)CC)no1)NCCc1c(OC)cc(OC)cc1OC.I. The molecule has 8 nitrogen and oxygen atoms in total. The number of methoxy groups -OCH3 is 3. The van der Waals surface area contributed by atoms with E-state index >= 15 is 0 Å². The van der Waals surface area contributed by atoms with Crippen LogP contribution >= 0.6 is 24.0 Å². The summed E-state index contributed by atoms with van der Waals surface area (Å²) in [6.45, 7) is 8.21. The molecule has 0 amide bonds. The normalized spacial score (nSPS) is 11.2. The lowest BCUT2D eigenvalue weighted by molar-refractivity contribution is 0.368. The van der Waals surface area contributed by atoms with Crippen LogP contribution in [-0.4, -0.2) is 45.5 Å². The first-order valence-electron chi connectivity index (χ1n) is 10.9. The number of nitrogens with zero attached hydrogens (tertiary/aromatic N) is 2. The lowest BCUT2D eigenvalue weighted by Gasteiger charge is -2.16. The Morgan fingerprint density at radius 2 is 1.66 bits per heavy atom. The van der Waals surface area contributed by atoms with Crippen LogP contribution in [0.25, 0.3) is 0 Å². The summed E-state index contributed by atoms with van der Waals surface area (Å²) >= 11 is 0. The summed E-state index contributed by atoms with van der Waals surface area (Å²) in [5.41, 5.74) is 1.98. The second kappa shape index (κ2) is 14.8. The third-order valence-electron chi connectivity index (χ3n) is 5.20. The van der Waals surface area contributed by atoms with Crippen LogP contribution in [0.1, 0.15) is 56.5 Å². The summed E-state index contributed by atoms with van der Waals surface area (Å²) in [5, 5.41) is 10.8. The van der Waals surface area contributed by atoms with Gasteiger partial charge in [0.2, 0.25) is 0 Å². The molecule has 1 heterocycles. The molecule has 0 radical (unpaired) electrons. The van der Waals surface area contributed by atoms with Crippen LogP contribution in [0.2, 0.25) is 0 Å². The number of hydrogen-bond donors (Lipinski definition) is 2. The fraction of sp³-hybridized carbons (Fsp3) is 0.565. The van der Waals surface area contributed by atoms with Gasteiger partial charge in [-0.1, -0.05) is 19.0 Å². The monoisotopic (exact) mass is 560 g/mol. The fourth-order valence-corrected chi connectivity index (χ4v) is 3.43. The highest BCUT2D eigenvalue weighted by Crippen LogP contribution is 2.34. The van der Waals surface area contributed by atoms with E-state index < -0.39 is 0 Å². The molecule has 0 spiro atoms. The lowest BCUT2D eigenvalue weighted by atomic mass is 9.99. The second-order valence-corrected chi connectivity index (χ2v) is 7.11. The molecule has 0 saturated heterocycles. The number of rotatable bonds is 12. The zero-order valence-electron chi connectivity index (χ0n) is 20.0. The highest BCUT2D eigenvalue weighted by atomic mass is 127. The van der Waals surface area contributed by atoms with Crippen molar-refractivity contribution in [2.24, 2.45) is 4.99 Å². The van der Waals surface area contributed by atoms with Gasteiger partial charge in [-0.15, -0.1) is 24.0 Å². The minimum absolute atomic E-state index is 0. The molecular weight excluding hydrogens is 523 g/mol. The van der Waals surface area contributed by atoms with E-state index in [1.807, 2.05) is 25.1 Å². The highest BCUT2D eigenvalue weighted by Gasteiger charge is 2.14. The first-order chi connectivity index (χ1) is 15.1. The van der Waals surface area contributed by atoms with Gasteiger partial charge in [-0.2, -0.15) is 0 Å². The fourth-order valence-electron chi connectivity index (χ4n) is 3.43. The summed E-state index contributed by atoms with van der Waals surface area (Å²) < 4.78 is 21.8. The van der Waals surface area contributed by atoms with Crippen LogP contribution in [0.15, 0.2) is 27.7 Å². The molecule has 2 aromatic rings. The third kappa shape index (κ3) is 7.75. The number of aliphatic imine (C=N–C) groups is 1.